The van der Waals surface area contributed by atoms with Crippen LogP contribution in [0.3, 0.4) is 0 Å². The molecule has 43 heavy (non-hydrogen) atoms. The third-order valence-electron chi connectivity index (χ3n) is 12.0. The van der Waals surface area contributed by atoms with E-state index in [2.05, 4.69) is 39.6 Å². The van der Waals surface area contributed by atoms with E-state index >= 15 is 0 Å². The van der Waals surface area contributed by atoms with Gasteiger partial charge in [0.25, 0.3) is 5.91 Å². The van der Waals surface area contributed by atoms with Crippen LogP contribution in [0.25, 0.3) is 0 Å². The van der Waals surface area contributed by atoms with E-state index in [-0.39, 0.29) is 40.7 Å². The van der Waals surface area contributed by atoms with Crippen LogP contribution in [-0.2, 0) is 14.3 Å². The molecule has 0 aromatic heterocycles. The van der Waals surface area contributed by atoms with Gasteiger partial charge in [0.05, 0.1) is 17.5 Å². The summed E-state index contributed by atoms with van der Waals surface area (Å²) in [6.07, 6.45) is 3.93. The molecule has 0 saturated heterocycles. The van der Waals surface area contributed by atoms with Gasteiger partial charge in [-0.3, -0.25) is 14.4 Å². The third kappa shape index (κ3) is 4.87. The zero-order valence-corrected chi connectivity index (χ0v) is 26.8. The number of Topliss-reactive ketones (excluding diaryl/α,β-unsaturated/α-hetero) is 1. The lowest BCUT2D eigenvalue weighted by Gasteiger charge is -2.67. The second kappa shape index (κ2) is 11.6. The molecule has 2 bridgehead atoms. The lowest BCUT2D eigenvalue weighted by molar-refractivity contribution is -0.236. The van der Waals surface area contributed by atoms with Gasteiger partial charge in [-0.05, 0) is 67.2 Å². The summed E-state index contributed by atoms with van der Waals surface area (Å²) in [5.74, 6) is -0.302. The van der Waals surface area contributed by atoms with Gasteiger partial charge >= 0.3 is 5.97 Å². The summed E-state index contributed by atoms with van der Waals surface area (Å²) in [7, 11) is 0. The zero-order chi connectivity index (χ0) is 31.2. The number of para-hydroxylation sites is 1. The first kappa shape index (κ1) is 31.5. The van der Waals surface area contributed by atoms with Gasteiger partial charge in [-0.1, -0.05) is 71.0 Å². The van der Waals surface area contributed by atoms with Gasteiger partial charge in [-0.25, -0.2) is 0 Å². The van der Waals surface area contributed by atoms with Crippen molar-refractivity contribution in [3.8, 4) is 0 Å². The van der Waals surface area contributed by atoms with Gasteiger partial charge in [-0.2, -0.15) is 0 Å². The number of carbonyl (C=O) groups is 3. The van der Waals surface area contributed by atoms with Gasteiger partial charge in [0, 0.05) is 33.1 Å². The molecule has 5 rings (SSSR count). The Bertz CT molecular complexity index is 1410. The van der Waals surface area contributed by atoms with Gasteiger partial charge in [0.2, 0.25) is 0 Å². The third-order valence-corrected chi connectivity index (χ3v) is 13.1. The van der Waals surface area contributed by atoms with Crippen molar-refractivity contribution in [2.45, 2.75) is 83.8 Å². The molecule has 8 atom stereocenters. The fraction of sp³-hybridized carbons (Fsp3) is 0.528. The maximum absolute atomic E-state index is 13.9. The zero-order valence-electron chi connectivity index (χ0n) is 26.0. The molecular formula is C36H45NO5S. The Labute approximate surface area is 260 Å². The Morgan fingerprint density at radius 1 is 1.07 bits per heavy atom. The first-order valence-electron chi connectivity index (χ1n) is 15.5. The quantitative estimate of drug-likeness (QED) is 0.196. The molecule has 2 aromatic carbocycles. The van der Waals surface area contributed by atoms with Gasteiger partial charge in [-0.15, -0.1) is 18.3 Å². The van der Waals surface area contributed by atoms with Gasteiger partial charge in [0.15, 0.2) is 0 Å². The Kier molecular flexibility index (Phi) is 8.47. The second-order valence-electron chi connectivity index (χ2n) is 13.7. The van der Waals surface area contributed by atoms with Crippen molar-refractivity contribution in [3.05, 3.63) is 72.8 Å². The predicted octanol–water partition coefficient (Wildman–Crippen LogP) is 7.33. The molecule has 3 aliphatic carbocycles. The molecule has 3 saturated carbocycles. The predicted molar refractivity (Wildman–Crippen MR) is 171 cm³/mol. The second-order valence-corrected chi connectivity index (χ2v) is 14.7. The molecular weight excluding hydrogens is 558 g/mol. The molecule has 3 aliphatic rings. The number of nitrogens with one attached hydrogen (secondary N) is 1. The number of ether oxygens (including phenoxy) is 1. The van der Waals surface area contributed by atoms with E-state index in [0.29, 0.717) is 24.1 Å². The van der Waals surface area contributed by atoms with Crippen molar-refractivity contribution in [2.24, 2.45) is 33.5 Å². The maximum atomic E-state index is 13.9. The number of ketones is 1. The Balaban J connectivity index is 1.42. The van der Waals surface area contributed by atoms with E-state index in [4.69, 9.17) is 4.74 Å². The van der Waals surface area contributed by atoms with E-state index in [1.807, 2.05) is 55.5 Å². The van der Waals surface area contributed by atoms with Crippen LogP contribution in [0.4, 0.5) is 5.69 Å². The monoisotopic (exact) mass is 603 g/mol. The van der Waals surface area contributed by atoms with Crippen LogP contribution in [0, 0.1) is 33.5 Å². The van der Waals surface area contributed by atoms with E-state index < -0.39 is 28.5 Å². The minimum Gasteiger partial charge on any atom is -0.461 e. The molecule has 0 radical (unpaired) electrons. The normalized spacial score (nSPS) is 37.0. The number of aliphatic hydroxyl groups excluding tert-OH is 1. The van der Waals surface area contributed by atoms with E-state index in [9.17, 15) is 19.5 Å². The van der Waals surface area contributed by atoms with Crippen LogP contribution < -0.4 is 5.32 Å². The van der Waals surface area contributed by atoms with Gasteiger partial charge < -0.3 is 15.2 Å². The van der Waals surface area contributed by atoms with E-state index in [1.165, 1.54) is 11.8 Å². The van der Waals surface area contributed by atoms with E-state index in [0.717, 1.165) is 24.2 Å². The molecule has 6 nitrogen and oxygen atoms in total. The van der Waals surface area contributed by atoms with Crippen LogP contribution in [0.15, 0.2) is 72.1 Å². The highest BCUT2D eigenvalue weighted by Crippen LogP contribution is 2.74. The molecule has 0 aliphatic heterocycles. The number of thioether (sulfide) groups is 1. The number of hydrogen-bond donors (Lipinski definition) is 2. The topological polar surface area (TPSA) is 92.7 Å². The standard InChI is InChI=1S/C36H45NO5S/c1-7-33(4)21-29(34(5)23(2)17-19-36(24(3)31(33)40)20-18-28(38)35(34,36)6)42-30(39)22-43-27-16-12-11-15-26(27)37-32(41)25-13-9-8-10-14-25/h7-16,23-24,29,31,40H,1,17-22H2,2-6H3,(H,37,41)/t23-,24+,29-,31+,33-,34+,35?,36+/m1/s1. The van der Waals surface area contributed by atoms with Crippen molar-refractivity contribution in [1.29, 1.82) is 0 Å². The first-order valence-corrected chi connectivity index (χ1v) is 16.5. The molecule has 7 heteroatoms. The van der Waals surface area contributed by atoms with E-state index in [1.54, 1.807) is 12.1 Å². The van der Waals surface area contributed by atoms with Crippen LogP contribution in [-0.4, -0.2) is 40.7 Å². The Morgan fingerprint density at radius 2 is 1.74 bits per heavy atom. The van der Waals surface area contributed by atoms with Crippen LogP contribution >= 0.6 is 11.8 Å². The molecule has 2 N–H and O–H groups in total. The summed E-state index contributed by atoms with van der Waals surface area (Å²) in [5.41, 5.74) is -1.23. The van der Waals surface area contributed by atoms with Crippen LogP contribution in [0.2, 0.25) is 0 Å². The first-order chi connectivity index (χ1) is 20.3. The van der Waals surface area contributed by atoms with Crippen molar-refractivity contribution < 1.29 is 24.2 Å². The number of carbonyl (C=O) groups excluding carboxylic acids is 3. The Morgan fingerprint density at radius 3 is 2.44 bits per heavy atom. The fourth-order valence-electron chi connectivity index (χ4n) is 8.93. The smallest absolute Gasteiger partial charge is 0.316 e. The largest absolute Gasteiger partial charge is 0.461 e. The van der Waals surface area contributed by atoms with Crippen LogP contribution in [0.1, 0.15) is 77.1 Å². The lowest BCUT2D eigenvalue weighted by Crippen LogP contribution is -2.68. The molecule has 2 aromatic rings. The fourth-order valence-corrected chi connectivity index (χ4v) is 9.72. The van der Waals surface area contributed by atoms with Crippen molar-refractivity contribution in [2.75, 3.05) is 11.1 Å². The molecule has 3 fully saturated rings. The van der Waals surface area contributed by atoms with Crippen molar-refractivity contribution >= 4 is 35.1 Å². The average Bonchev–Trinajstić information content (AvgIpc) is 3.29. The molecule has 0 heterocycles. The molecule has 1 unspecified atom stereocenters. The lowest BCUT2D eigenvalue weighted by atomic mass is 9.37. The minimum atomic E-state index is -0.729. The highest BCUT2D eigenvalue weighted by molar-refractivity contribution is 8.00. The number of hydrogen-bond acceptors (Lipinski definition) is 6. The van der Waals surface area contributed by atoms with Gasteiger partial charge in [0.1, 0.15) is 11.9 Å². The highest BCUT2D eigenvalue weighted by Gasteiger charge is 2.74. The molecule has 0 spiro atoms. The maximum Gasteiger partial charge on any atom is 0.316 e. The van der Waals surface area contributed by atoms with Crippen LogP contribution in [0.5, 0.6) is 0 Å². The number of amides is 1. The summed E-state index contributed by atoms with van der Waals surface area (Å²) in [6.45, 7) is 14.7. The summed E-state index contributed by atoms with van der Waals surface area (Å²) in [6, 6.07) is 16.4. The SMILES string of the molecule is C=C[C@]1(C)C[C@@H](OC(=O)CSc2ccccc2NC(=O)c2ccccc2)[C@]2(C)[C@H](C)CC[C@]3(CCC(=O)C32C)[C@@H](C)[C@@H]1O. The number of aliphatic hydroxyl groups is 1. The highest BCUT2D eigenvalue weighted by atomic mass is 32.2. The van der Waals surface area contributed by atoms with Crippen molar-refractivity contribution in [3.63, 3.8) is 0 Å². The average molecular weight is 604 g/mol. The number of benzene rings is 2. The summed E-state index contributed by atoms with van der Waals surface area (Å²) in [4.78, 5) is 41.2. The number of anilines is 1. The Hall–Kier alpha value is -2.90. The molecule has 230 valence electrons. The summed E-state index contributed by atoms with van der Waals surface area (Å²) < 4.78 is 6.44. The van der Waals surface area contributed by atoms with Crippen molar-refractivity contribution in [1.82, 2.24) is 0 Å². The molecule has 1 amide bonds. The summed E-state index contributed by atoms with van der Waals surface area (Å²) in [5, 5.41) is 14.8. The minimum absolute atomic E-state index is 0.0404. The summed E-state index contributed by atoms with van der Waals surface area (Å²) >= 11 is 1.31. The number of esters is 1. The number of rotatable bonds is 7.